The number of rotatable bonds is 6. The first-order valence-electron chi connectivity index (χ1n) is 11.3. The molecule has 0 unspecified atom stereocenters. The molecule has 2 aromatic carbocycles. The lowest BCUT2D eigenvalue weighted by atomic mass is 10.1. The van der Waals surface area contributed by atoms with Gasteiger partial charge in [-0.15, -0.1) is 0 Å². The van der Waals surface area contributed by atoms with E-state index in [0.29, 0.717) is 32.7 Å². The van der Waals surface area contributed by atoms with Gasteiger partial charge in [-0.25, -0.2) is 14.0 Å². The van der Waals surface area contributed by atoms with E-state index < -0.39 is 0 Å². The standard InChI is InChI=1S/C25H34FN5O2/c1-25(2,3)28-24(33)31(19-20-9-11-21(26)12-10-20)18-15-29-13-16-30(17-14-29)23(32)27-22-7-5-4-6-8-22/h4-12H,13-19H2,1-3H3,(H,27,32)(H,28,33). The zero-order valence-electron chi connectivity index (χ0n) is 19.7. The van der Waals surface area contributed by atoms with Crippen LogP contribution in [0.2, 0.25) is 0 Å². The minimum Gasteiger partial charge on any atom is -0.333 e. The Balaban J connectivity index is 1.51. The molecular weight excluding hydrogens is 421 g/mol. The largest absolute Gasteiger partial charge is 0.333 e. The lowest BCUT2D eigenvalue weighted by molar-refractivity contribution is 0.132. The van der Waals surface area contributed by atoms with Crippen LogP contribution in [0.5, 0.6) is 0 Å². The van der Waals surface area contributed by atoms with Crippen molar-refractivity contribution in [2.45, 2.75) is 32.9 Å². The summed E-state index contributed by atoms with van der Waals surface area (Å²) in [6.45, 7) is 10.2. The summed E-state index contributed by atoms with van der Waals surface area (Å²) in [5.74, 6) is -0.293. The molecule has 0 aliphatic carbocycles. The Bertz CT molecular complexity index is 907. The molecule has 0 saturated carbocycles. The number of benzene rings is 2. The lowest BCUT2D eigenvalue weighted by Crippen LogP contribution is -2.53. The minimum absolute atomic E-state index is 0.0941. The number of carbonyl (C=O) groups excluding carboxylic acids is 2. The molecule has 8 heteroatoms. The highest BCUT2D eigenvalue weighted by Crippen LogP contribution is 2.11. The van der Waals surface area contributed by atoms with Gasteiger partial charge in [0.2, 0.25) is 0 Å². The maximum atomic E-state index is 13.3. The van der Waals surface area contributed by atoms with Gasteiger partial charge >= 0.3 is 12.1 Å². The molecule has 0 aromatic heterocycles. The summed E-state index contributed by atoms with van der Waals surface area (Å²) in [5.41, 5.74) is 1.31. The van der Waals surface area contributed by atoms with E-state index in [1.54, 1.807) is 17.0 Å². The third kappa shape index (κ3) is 8.05. The van der Waals surface area contributed by atoms with Crippen molar-refractivity contribution in [3.63, 3.8) is 0 Å². The molecule has 33 heavy (non-hydrogen) atoms. The molecular formula is C25H34FN5O2. The van der Waals surface area contributed by atoms with Crippen LogP contribution >= 0.6 is 0 Å². The van der Waals surface area contributed by atoms with Crippen LogP contribution in [0.25, 0.3) is 0 Å². The zero-order valence-corrected chi connectivity index (χ0v) is 19.7. The van der Waals surface area contributed by atoms with Crippen LogP contribution in [0.3, 0.4) is 0 Å². The minimum atomic E-state index is -0.351. The van der Waals surface area contributed by atoms with Crippen LogP contribution in [-0.4, -0.2) is 71.6 Å². The molecule has 1 aliphatic heterocycles. The van der Waals surface area contributed by atoms with Crippen LogP contribution < -0.4 is 10.6 Å². The van der Waals surface area contributed by atoms with E-state index in [0.717, 1.165) is 24.3 Å². The number of anilines is 1. The van der Waals surface area contributed by atoms with Crippen molar-refractivity contribution in [1.29, 1.82) is 0 Å². The van der Waals surface area contributed by atoms with E-state index >= 15 is 0 Å². The summed E-state index contributed by atoms with van der Waals surface area (Å²) in [7, 11) is 0. The van der Waals surface area contributed by atoms with Crippen LogP contribution in [0.15, 0.2) is 54.6 Å². The van der Waals surface area contributed by atoms with Crippen molar-refractivity contribution in [2.75, 3.05) is 44.6 Å². The molecule has 4 amide bonds. The number of piperazine rings is 1. The number of carbonyl (C=O) groups is 2. The van der Waals surface area contributed by atoms with Gasteiger partial charge in [0, 0.05) is 57.0 Å². The number of nitrogens with one attached hydrogen (secondary N) is 2. The van der Waals surface area contributed by atoms with E-state index in [1.807, 2.05) is 56.0 Å². The predicted molar refractivity (Wildman–Crippen MR) is 129 cm³/mol. The van der Waals surface area contributed by atoms with Crippen LogP contribution in [0.4, 0.5) is 19.7 Å². The predicted octanol–water partition coefficient (Wildman–Crippen LogP) is 3.99. The zero-order chi connectivity index (χ0) is 23.8. The van der Waals surface area contributed by atoms with Crippen molar-refractivity contribution < 1.29 is 14.0 Å². The van der Waals surface area contributed by atoms with Crippen molar-refractivity contribution in [1.82, 2.24) is 20.0 Å². The fourth-order valence-corrected chi connectivity index (χ4v) is 3.62. The molecule has 2 aromatic rings. The number of halogens is 1. The van der Waals surface area contributed by atoms with Crippen molar-refractivity contribution >= 4 is 17.7 Å². The van der Waals surface area contributed by atoms with Crippen LogP contribution in [0, 0.1) is 5.82 Å². The second kappa shape index (κ2) is 11.1. The van der Waals surface area contributed by atoms with E-state index in [-0.39, 0.29) is 23.4 Å². The first-order chi connectivity index (χ1) is 15.7. The molecule has 1 heterocycles. The quantitative estimate of drug-likeness (QED) is 0.692. The van der Waals surface area contributed by atoms with Gasteiger partial charge in [0.15, 0.2) is 0 Å². The van der Waals surface area contributed by atoms with Gasteiger partial charge in [0.05, 0.1) is 0 Å². The molecule has 1 saturated heterocycles. The average Bonchev–Trinajstić information content (AvgIpc) is 2.77. The molecule has 7 nitrogen and oxygen atoms in total. The summed E-state index contributed by atoms with van der Waals surface area (Å²) < 4.78 is 13.3. The highest BCUT2D eigenvalue weighted by atomic mass is 19.1. The Labute approximate surface area is 195 Å². The highest BCUT2D eigenvalue weighted by molar-refractivity contribution is 5.89. The topological polar surface area (TPSA) is 67.9 Å². The molecule has 1 fully saturated rings. The Hall–Kier alpha value is -3.13. The number of amides is 4. The monoisotopic (exact) mass is 455 g/mol. The number of para-hydroxylation sites is 1. The number of nitrogens with zero attached hydrogens (tertiary/aromatic N) is 3. The van der Waals surface area contributed by atoms with Crippen molar-refractivity contribution in [3.8, 4) is 0 Å². The maximum Gasteiger partial charge on any atom is 0.321 e. The second-order valence-corrected chi connectivity index (χ2v) is 9.35. The van der Waals surface area contributed by atoms with Gasteiger partial charge in [-0.05, 0) is 50.6 Å². The SMILES string of the molecule is CC(C)(C)NC(=O)N(CCN1CCN(C(=O)Nc2ccccc2)CC1)Cc1ccc(F)cc1. The summed E-state index contributed by atoms with van der Waals surface area (Å²) in [6.07, 6.45) is 0. The normalized spacial score (nSPS) is 14.6. The van der Waals surface area contributed by atoms with Gasteiger partial charge in [0.1, 0.15) is 5.82 Å². The van der Waals surface area contributed by atoms with Crippen LogP contribution in [0.1, 0.15) is 26.3 Å². The second-order valence-electron chi connectivity index (χ2n) is 9.35. The van der Waals surface area contributed by atoms with Crippen molar-refractivity contribution in [2.24, 2.45) is 0 Å². The Morgan fingerprint density at radius 3 is 2.21 bits per heavy atom. The smallest absolute Gasteiger partial charge is 0.321 e. The molecule has 0 spiro atoms. The maximum absolute atomic E-state index is 13.3. The van der Waals surface area contributed by atoms with E-state index in [9.17, 15) is 14.0 Å². The first kappa shape index (κ1) is 24.5. The fourth-order valence-electron chi connectivity index (χ4n) is 3.62. The average molecular weight is 456 g/mol. The van der Waals surface area contributed by atoms with Crippen molar-refractivity contribution in [3.05, 3.63) is 66.0 Å². The fraction of sp³-hybridized carbons (Fsp3) is 0.440. The number of hydrogen-bond acceptors (Lipinski definition) is 3. The summed E-state index contributed by atoms with van der Waals surface area (Å²) in [5, 5.41) is 5.94. The molecule has 1 aliphatic rings. The molecule has 0 radical (unpaired) electrons. The van der Waals surface area contributed by atoms with Gasteiger partial charge in [-0.1, -0.05) is 30.3 Å². The third-order valence-electron chi connectivity index (χ3n) is 5.43. The Morgan fingerprint density at radius 1 is 0.970 bits per heavy atom. The number of hydrogen-bond donors (Lipinski definition) is 2. The molecule has 3 rings (SSSR count). The molecule has 2 N–H and O–H groups in total. The summed E-state index contributed by atoms with van der Waals surface area (Å²) in [6, 6.07) is 15.4. The lowest BCUT2D eigenvalue weighted by Gasteiger charge is -2.36. The summed E-state index contributed by atoms with van der Waals surface area (Å²) in [4.78, 5) is 31.2. The number of urea groups is 2. The first-order valence-corrected chi connectivity index (χ1v) is 11.3. The van der Waals surface area contributed by atoms with E-state index in [4.69, 9.17) is 0 Å². The third-order valence-corrected chi connectivity index (χ3v) is 5.43. The van der Waals surface area contributed by atoms with E-state index in [2.05, 4.69) is 15.5 Å². The van der Waals surface area contributed by atoms with E-state index in [1.165, 1.54) is 12.1 Å². The summed E-state index contributed by atoms with van der Waals surface area (Å²) >= 11 is 0. The van der Waals surface area contributed by atoms with Gasteiger partial charge in [-0.2, -0.15) is 0 Å². The van der Waals surface area contributed by atoms with Gasteiger partial charge in [-0.3, -0.25) is 4.90 Å². The molecule has 178 valence electrons. The Kier molecular flexibility index (Phi) is 8.27. The Morgan fingerprint density at radius 2 is 1.61 bits per heavy atom. The molecule has 0 bridgehead atoms. The highest BCUT2D eigenvalue weighted by Gasteiger charge is 2.24. The van der Waals surface area contributed by atoms with Gasteiger partial charge in [0.25, 0.3) is 0 Å². The van der Waals surface area contributed by atoms with Gasteiger partial charge < -0.3 is 20.4 Å². The molecule has 0 atom stereocenters. The van der Waals surface area contributed by atoms with Crippen LogP contribution in [-0.2, 0) is 6.54 Å².